The van der Waals surface area contributed by atoms with E-state index >= 15 is 0 Å². The highest BCUT2D eigenvalue weighted by Gasteiger charge is 2.53. The van der Waals surface area contributed by atoms with Crippen molar-refractivity contribution < 1.29 is 4.79 Å². The molecule has 108 valence electrons. The van der Waals surface area contributed by atoms with Gasteiger partial charge < -0.3 is 4.57 Å². The maximum atomic E-state index is 12.9. The first-order valence-corrected chi connectivity index (χ1v) is 8.14. The summed E-state index contributed by atoms with van der Waals surface area (Å²) in [7, 11) is 2.01. The first-order chi connectivity index (χ1) is 9.64. The van der Waals surface area contributed by atoms with E-state index in [1.165, 1.54) is 38.5 Å². The Labute approximate surface area is 120 Å². The summed E-state index contributed by atoms with van der Waals surface area (Å²) in [5.74, 6) is 4.16. The van der Waals surface area contributed by atoms with Crippen molar-refractivity contribution >= 4 is 5.78 Å². The third kappa shape index (κ3) is 1.94. The molecule has 0 radical (unpaired) electrons. The Bertz CT molecular complexity index is 496. The first kappa shape index (κ1) is 12.6. The zero-order valence-electron chi connectivity index (χ0n) is 12.3. The number of ketones is 1. The minimum atomic E-state index is 0.0694. The second kappa shape index (κ2) is 4.44. The average molecular weight is 272 g/mol. The van der Waals surface area contributed by atoms with E-state index < -0.39 is 0 Å². The van der Waals surface area contributed by atoms with Crippen LogP contribution in [0.2, 0.25) is 0 Å². The van der Waals surface area contributed by atoms with Gasteiger partial charge in [0.1, 0.15) is 11.6 Å². The van der Waals surface area contributed by atoms with Crippen LogP contribution in [0.15, 0.2) is 12.4 Å². The molecule has 0 atom stereocenters. The topological polar surface area (TPSA) is 34.9 Å². The third-order valence-corrected chi connectivity index (χ3v) is 6.13. The van der Waals surface area contributed by atoms with E-state index in [9.17, 15) is 4.79 Å². The van der Waals surface area contributed by atoms with E-state index in [-0.39, 0.29) is 5.41 Å². The number of hydrogen-bond donors (Lipinski definition) is 0. The van der Waals surface area contributed by atoms with Gasteiger partial charge in [-0.1, -0.05) is 0 Å². The molecular formula is C17H24N2O. The van der Waals surface area contributed by atoms with Gasteiger partial charge in [-0.25, -0.2) is 4.98 Å². The fourth-order valence-electron chi connectivity index (χ4n) is 5.58. The van der Waals surface area contributed by atoms with Crippen LogP contribution in [0.1, 0.15) is 50.8 Å². The molecule has 0 amide bonds. The van der Waals surface area contributed by atoms with E-state index in [1.807, 2.05) is 24.0 Å². The van der Waals surface area contributed by atoms with E-state index in [1.54, 1.807) is 0 Å². The molecule has 0 aliphatic heterocycles. The van der Waals surface area contributed by atoms with Crippen molar-refractivity contribution in [3.05, 3.63) is 18.2 Å². The van der Waals surface area contributed by atoms with Crippen LogP contribution in [0.5, 0.6) is 0 Å². The zero-order chi connectivity index (χ0) is 13.7. The molecule has 0 N–H and O–H groups in total. The molecule has 1 aromatic heterocycles. The number of carbonyl (C=O) groups is 1. The molecule has 0 unspecified atom stereocenters. The summed E-state index contributed by atoms with van der Waals surface area (Å²) in [5, 5.41) is 0. The Morgan fingerprint density at radius 1 is 1.25 bits per heavy atom. The van der Waals surface area contributed by atoms with Crippen LogP contribution in [0, 0.1) is 23.2 Å². The number of aromatic nitrogens is 2. The Morgan fingerprint density at radius 2 is 1.85 bits per heavy atom. The SMILES string of the molecule is Cn1ccnc1CCC(=O)C12CC3CC(CC(C3)C1)C2. The lowest BCUT2D eigenvalue weighted by Crippen LogP contribution is -2.50. The lowest BCUT2D eigenvalue weighted by atomic mass is 9.48. The summed E-state index contributed by atoms with van der Waals surface area (Å²) in [6.07, 6.45) is 13.1. The molecule has 20 heavy (non-hydrogen) atoms. The fraction of sp³-hybridized carbons (Fsp3) is 0.765. The van der Waals surface area contributed by atoms with Gasteiger partial charge >= 0.3 is 0 Å². The van der Waals surface area contributed by atoms with E-state index in [0.29, 0.717) is 12.2 Å². The number of imidazole rings is 1. The van der Waals surface area contributed by atoms with E-state index in [4.69, 9.17) is 0 Å². The predicted molar refractivity (Wildman–Crippen MR) is 77.1 cm³/mol. The van der Waals surface area contributed by atoms with Crippen molar-refractivity contribution in [2.75, 3.05) is 0 Å². The molecule has 0 aromatic carbocycles. The minimum Gasteiger partial charge on any atom is -0.338 e. The third-order valence-electron chi connectivity index (χ3n) is 6.13. The standard InChI is InChI=1S/C17H24N2O/c1-19-5-4-18-16(19)3-2-15(20)17-9-12-6-13(10-17)8-14(7-12)11-17/h4-5,12-14H,2-3,6-11H2,1H3. The summed E-state index contributed by atoms with van der Waals surface area (Å²) in [6.45, 7) is 0. The van der Waals surface area contributed by atoms with Gasteiger partial charge in [0.15, 0.2) is 0 Å². The number of nitrogens with zero attached hydrogens (tertiary/aromatic N) is 2. The van der Waals surface area contributed by atoms with Gasteiger partial charge in [0.05, 0.1) is 0 Å². The van der Waals surface area contributed by atoms with Crippen molar-refractivity contribution in [3.63, 3.8) is 0 Å². The molecule has 4 aliphatic rings. The van der Waals surface area contributed by atoms with Gasteiger partial charge in [0, 0.05) is 37.7 Å². The zero-order valence-corrected chi connectivity index (χ0v) is 12.3. The normalized spacial score (nSPS) is 38.4. The second-order valence-corrected chi connectivity index (χ2v) is 7.58. The molecule has 3 heteroatoms. The summed E-state index contributed by atoms with van der Waals surface area (Å²) in [5.41, 5.74) is 0.0694. The monoisotopic (exact) mass is 272 g/mol. The number of rotatable bonds is 4. The smallest absolute Gasteiger partial charge is 0.139 e. The molecular weight excluding hydrogens is 248 g/mol. The lowest BCUT2D eigenvalue weighted by Gasteiger charge is -2.56. The Kier molecular flexibility index (Phi) is 2.80. The molecule has 5 rings (SSSR count). The molecule has 4 bridgehead atoms. The van der Waals surface area contributed by atoms with Crippen molar-refractivity contribution in [1.82, 2.24) is 9.55 Å². The fourth-order valence-corrected chi connectivity index (χ4v) is 5.58. The molecule has 1 aromatic rings. The van der Waals surface area contributed by atoms with Crippen LogP contribution >= 0.6 is 0 Å². The Morgan fingerprint density at radius 3 is 2.35 bits per heavy atom. The van der Waals surface area contributed by atoms with Crippen LogP contribution in [-0.4, -0.2) is 15.3 Å². The number of carbonyl (C=O) groups excluding carboxylic acids is 1. The molecule has 4 aliphatic carbocycles. The number of hydrogen-bond acceptors (Lipinski definition) is 2. The van der Waals surface area contributed by atoms with Crippen molar-refractivity contribution in [1.29, 1.82) is 0 Å². The molecule has 0 spiro atoms. The maximum Gasteiger partial charge on any atom is 0.139 e. The summed E-state index contributed by atoms with van der Waals surface area (Å²) in [4.78, 5) is 17.2. The molecule has 1 heterocycles. The lowest BCUT2D eigenvalue weighted by molar-refractivity contribution is -0.143. The second-order valence-electron chi connectivity index (χ2n) is 7.58. The van der Waals surface area contributed by atoms with Gasteiger partial charge in [-0.05, 0) is 56.3 Å². The number of Topliss-reactive ketones (excluding diaryl/α,β-unsaturated/α-hetero) is 1. The van der Waals surface area contributed by atoms with Gasteiger partial charge in [0.2, 0.25) is 0 Å². The molecule has 3 nitrogen and oxygen atoms in total. The first-order valence-electron chi connectivity index (χ1n) is 8.14. The maximum absolute atomic E-state index is 12.9. The highest BCUT2D eigenvalue weighted by atomic mass is 16.1. The van der Waals surface area contributed by atoms with E-state index in [0.717, 1.165) is 30.0 Å². The minimum absolute atomic E-state index is 0.0694. The van der Waals surface area contributed by atoms with Crippen LogP contribution in [0.3, 0.4) is 0 Å². The van der Waals surface area contributed by atoms with Crippen LogP contribution < -0.4 is 0 Å². The largest absolute Gasteiger partial charge is 0.338 e. The van der Waals surface area contributed by atoms with Crippen LogP contribution in [0.25, 0.3) is 0 Å². The van der Waals surface area contributed by atoms with Gasteiger partial charge in [-0.15, -0.1) is 0 Å². The van der Waals surface area contributed by atoms with Crippen LogP contribution in [0.4, 0.5) is 0 Å². The van der Waals surface area contributed by atoms with Gasteiger partial charge in [-0.2, -0.15) is 0 Å². The number of aryl methyl sites for hydroxylation is 2. The van der Waals surface area contributed by atoms with Crippen molar-refractivity contribution in [2.24, 2.45) is 30.2 Å². The van der Waals surface area contributed by atoms with Gasteiger partial charge in [-0.3, -0.25) is 4.79 Å². The highest BCUT2D eigenvalue weighted by Crippen LogP contribution is 2.60. The van der Waals surface area contributed by atoms with Gasteiger partial charge in [0.25, 0.3) is 0 Å². The van der Waals surface area contributed by atoms with E-state index in [2.05, 4.69) is 4.98 Å². The highest BCUT2D eigenvalue weighted by molar-refractivity contribution is 5.85. The molecule has 0 saturated heterocycles. The van der Waals surface area contributed by atoms with Crippen LogP contribution in [-0.2, 0) is 18.3 Å². The van der Waals surface area contributed by atoms with Crippen molar-refractivity contribution in [3.8, 4) is 0 Å². The Hall–Kier alpha value is -1.12. The summed E-state index contributed by atoms with van der Waals surface area (Å²) >= 11 is 0. The quantitative estimate of drug-likeness (QED) is 0.844. The summed E-state index contributed by atoms with van der Waals surface area (Å²) < 4.78 is 2.03. The predicted octanol–water partition coefficient (Wildman–Crippen LogP) is 3.14. The molecule has 4 saturated carbocycles. The van der Waals surface area contributed by atoms with Crippen molar-refractivity contribution in [2.45, 2.75) is 51.4 Å². The summed E-state index contributed by atoms with van der Waals surface area (Å²) in [6, 6.07) is 0. The average Bonchev–Trinajstić information content (AvgIpc) is 2.80. The Balaban J connectivity index is 1.47. The molecule has 4 fully saturated rings.